The Morgan fingerprint density at radius 1 is 1.27 bits per heavy atom. The third-order valence-electron chi connectivity index (χ3n) is 1.68. The van der Waals surface area contributed by atoms with E-state index >= 15 is 0 Å². The Labute approximate surface area is 84.8 Å². The molecule has 1 aromatic carbocycles. The van der Waals surface area contributed by atoms with Gasteiger partial charge in [-0.15, -0.1) is 13.2 Å². The molecule has 0 fully saturated rings. The molecule has 15 heavy (non-hydrogen) atoms. The van der Waals surface area contributed by atoms with Crippen molar-refractivity contribution in [2.45, 2.75) is 6.36 Å². The normalized spacial score (nSPS) is 11.0. The number of hydrogen-bond acceptors (Lipinski definition) is 3. The maximum absolute atomic E-state index is 12.0. The summed E-state index contributed by atoms with van der Waals surface area (Å²) in [6.07, 6.45) is -4.69. The zero-order chi connectivity index (χ0) is 11.5. The van der Waals surface area contributed by atoms with E-state index in [1.54, 1.807) is 0 Å². The molecule has 0 aliphatic carbocycles. The quantitative estimate of drug-likeness (QED) is 0.851. The van der Waals surface area contributed by atoms with Gasteiger partial charge in [0, 0.05) is 13.1 Å². The Kier molecular flexibility index (Phi) is 3.28. The van der Waals surface area contributed by atoms with Crippen LogP contribution in [-0.2, 0) is 0 Å². The first-order valence-electron chi connectivity index (χ1n) is 4.08. The topological polar surface area (TPSA) is 30.5 Å². The number of rotatable bonds is 3. The molecule has 0 heterocycles. The van der Waals surface area contributed by atoms with Crippen molar-refractivity contribution in [3.8, 4) is 11.5 Å². The standard InChI is InChI=1S/C9H10F3NO2/c1-13-7-5-6(14-2)3-4-8(7)15-9(10,11)12/h3-5,13H,1-2H3. The Balaban J connectivity index is 2.97. The van der Waals surface area contributed by atoms with Crippen LogP contribution >= 0.6 is 0 Å². The van der Waals surface area contributed by atoms with Gasteiger partial charge in [-0.3, -0.25) is 0 Å². The summed E-state index contributed by atoms with van der Waals surface area (Å²) < 4.78 is 44.5. The monoisotopic (exact) mass is 221 g/mol. The molecule has 0 spiro atoms. The predicted molar refractivity (Wildman–Crippen MR) is 49.2 cm³/mol. The summed E-state index contributed by atoms with van der Waals surface area (Å²) in [5.74, 6) is 0.166. The van der Waals surface area contributed by atoms with Crippen molar-refractivity contribution in [2.24, 2.45) is 0 Å². The molecule has 84 valence electrons. The van der Waals surface area contributed by atoms with E-state index in [2.05, 4.69) is 10.1 Å². The minimum Gasteiger partial charge on any atom is -0.497 e. The third-order valence-corrected chi connectivity index (χ3v) is 1.68. The number of anilines is 1. The van der Waals surface area contributed by atoms with Crippen molar-refractivity contribution >= 4 is 5.69 Å². The molecule has 0 unspecified atom stereocenters. The highest BCUT2D eigenvalue weighted by Crippen LogP contribution is 2.32. The average Bonchev–Trinajstić information content (AvgIpc) is 2.16. The summed E-state index contributed by atoms with van der Waals surface area (Å²) in [5.41, 5.74) is 0.215. The number of ether oxygens (including phenoxy) is 2. The van der Waals surface area contributed by atoms with Crippen molar-refractivity contribution in [1.82, 2.24) is 0 Å². The largest absolute Gasteiger partial charge is 0.573 e. The van der Waals surface area contributed by atoms with Crippen LogP contribution in [0.2, 0.25) is 0 Å². The van der Waals surface area contributed by atoms with Crippen LogP contribution in [0.3, 0.4) is 0 Å². The molecular formula is C9H10F3NO2. The summed E-state index contributed by atoms with van der Waals surface area (Å²) in [7, 11) is 2.93. The molecule has 0 aromatic heterocycles. The van der Waals surface area contributed by atoms with E-state index in [1.165, 1.54) is 32.4 Å². The highest BCUT2D eigenvalue weighted by Gasteiger charge is 2.32. The predicted octanol–water partition coefficient (Wildman–Crippen LogP) is 2.64. The van der Waals surface area contributed by atoms with Gasteiger partial charge in [-0.2, -0.15) is 0 Å². The molecule has 6 heteroatoms. The minimum absolute atomic E-state index is 0.215. The molecule has 1 rings (SSSR count). The van der Waals surface area contributed by atoms with Crippen LogP contribution in [0.25, 0.3) is 0 Å². The number of hydrogen-bond donors (Lipinski definition) is 1. The van der Waals surface area contributed by atoms with Crippen LogP contribution in [0.4, 0.5) is 18.9 Å². The van der Waals surface area contributed by atoms with Crippen molar-refractivity contribution < 1.29 is 22.6 Å². The van der Waals surface area contributed by atoms with Gasteiger partial charge in [0.2, 0.25) is 0 Å². The fourth-order valence-corrected chi connectivity index (χ4v) is 1.05. The number of nitrogens with one attached hydrogen (secondary N) is 1. The third kappa shape index (κ3) is 3.23. The fraction of sp³-hybridized carbons (Fsp3) is 0.333. The van der Waals surface area contributed by atoms with E-state index in [1.807, 2.05) is 0 Å². The smallest absolute Gasteiger partial charge is 0.497 e. The Morgan fingerprint density at radius 3 is 2.40 bits per heavy atom. The van der Waals surface area contributed by atoms with Crippen LogP contribution in [0, 0.1) is 0 Å². The first-order chi connectivity index (χ1) is 6.96. The Bertz CT molecular complexity index is 339. The number of halogens is 3. The second-order valence-electron chi connectivity index (χ2n) is 2.66. The summed E-state index contributed by atoms with van der Waals surface area (Å²) in [6.45, 7) is 0. The van der Waals surface area contributed by atoms with Gasteiger partial charge in [-0.25, -0.2) is 0 Å². The van der Waals surface area contributed by atoms with Gasteiger partial charge in [0.25, 0.3) is 0 Å². The fourth-order valence-electron chi connectivity index (χ4n) is 1.05. The lowest BCUT2D eigenvalue weighted by atomic mass is 10.3. The van der Waals surface area contributed by atoms with Gasteiger partial charge in [-0.05, 0) is 12.1 Å². The van der Waals surface area contributed by atoms with Gasteiger partial charge in [0.1, 0.15) is 5.75 Å². The Hall–Kier alpha value is -1.59. The molecule has 0 radical (unpaired) electrons. The average molecular weight is 221 g/mol. The lowest BCUT2D eigenvalue weighted by Gasteiger charge is -2.13. The number of benzene rings is 1. The highest BCUT2D eigenvalue weighted by atomic mass is 19.4. The molecule has 0 saturated heterocycles. The van der Waals surface area contributed by atoms with Crippen LogP contribution < -0.4 is 14.8 Å². The maximum atomic E-state index is 12.0. The van der Waals surface area contributed by atoms with Gasteiger partial charge in [-0.1, -0.05) is 0 Å². The molecule has 1 N–H and O–H groups in total. The second-order valence-corrected chi connectivity index (χ2v) is 2.66. The van der Waals surface area contributed by atoms with Crippen molar-refractivity contribution in [1.29, 1.82) is 0 Å². The lowest BCUT2D eigenvalue weighted by Crippen LogP contribution is -2.17. The summed E-state index contributed by atoms with van der Waals surface area (Å²) in [4.78, 5) is 0. The zero-order valence-corrected chi connectivity index (χ0v) is 8.18. The minimum atomic E-state index is -4.69. The zero-order valence-electron chi connectivity index (χ0n) is 8.18. The maximum Gasteiger partial charge on any atom is 0.573 e. The highest BCUT2D eigenvalue weighted by molar-refractivity contribution is 5.59. The van der Waals surface area contributed by atoms with Gasteiger partial charge >= 0.3 is 6.36 Å². The summed E-state index contributed by atoms with van der Waals surface area (Å²) in [5, 5.41) is 2.59. The molecule has 0 aliphatic rings. The van der Waals surface area contributed by atoms with Crippen LogP contribution in [-0.4, -0.2) is 20.5 Å². The molecule has 0 aliphatic heterocycles. The van der Waals surface area contributed by atoms with Gasteiger partial charge in [0.05, 0.1) is 12.8 Å². The van der Waals surface area contributed by atoms with E-state index in [-0.39, 0.29) is 11.4 Å². The number of methoxy groups -OCH3 is 1. The lowest BCUT2D eigenvalue weighted by molar-refractivity contribution is -0.274. The van der Waals surface area contributed by atoms with Gasteiger partial charge < -0.3 is 14.8 Å². The van der Waals surface area contributed by atoms with Crippen molar-refractivity contribution in [2.75, 3.05) is 19.5 Å². The SMILES string of the molecule is CNc1cc(OC)ccc1OC(F)(F)F. The Morgan fingerprint density at radius 2 is 1.93 bits per heavy atom. The molecule has 0 bridgehead atoms. The first kappa shape index (κ1) is 11.5. The molecule has 0 saturated carbocycles. The van der Waals surface area contributed by atoms with Gasteiger partial charge in [0.15, 0.2) is 5.75 Å². The van der Waals surface area contributed by atoms with Crippen LogP contribution in [0.15, 0.2) is 18.2 Å². The molecule has 0 atom stereocenters. The van der Waals surface area contributed by atoms with E-state index < -0.39 is 6.36 Å². The van der Waals surface area contributed by atoms with E-state index in [0.717, 1.165) is 0 Å². The number of alkyl halides is 3. The second kappa shape index (κ2) is 4.29. The van der Waals surface area contributed by atoms with E-state index in [0.29, 0.717) is 5.75 Å². The van der Waals surface area contributed by atoms with E-state index in [9.17, 15) is 13.2 Å². The summed E-state index contributed by atoms with van der Waals surface area (Å²) in [6, 6.07) is 4.00. The van der Waals surface area contributed by atoms with Crippen molar-refractivity contribution in [3.63, 3.8) is 0 Å². The van der Waals surface area contributed by atoms with Crippen LogP contribution in [0.1, 0.15) is 0 Å². The van der Waals surface area contributed by atoms with Crippen molar-refractivity contribution in [3.05, 3.63) is 18.2 Å². The van der Waals surface area contributed by atoms with E-state index in [4.69, 9.17) is 4.74 Å². The molecule has 1 aromatic rings. The molecule has 3 nitrogen and oxygen atoms in total. The molecule has 0 amide bonds. The first-order valence-corrected chi connectivity index (χ1v) is 4.08. The van der Waals surface area contributed by atoms with Crippen LogP contribution in [0.5, 0.6) is 11.5 Å². The summed E-state index contributed by atoms with van der Waals surface area (Å²) >= 11 is 0. The molecular weight excluding hydrogens is 211 g/mol.